The summed E-state index contributed by atoms with van der Waals surface area (Å²) >= 11 is 5.87. The fourth-order valence-electron chi connectivity index (χ4n) is 3.36. The third kappa shape index (κ3) is 4.04. The molecule has 1 heterocycles. The molecule has 1 aliphatic heterocycles. The molecule has 0 bridgehead atoms. The second-order valence-corrected chi connectivity index (χ2v) is 7.38. The van der Waals surface area contributed by atoms with Crippen LogP contribution in [-0.4, -0.2) is 17.7 Å². The van der Waals surface area contributed by atoms with Crippen LogP contribution in [0.4, 0.5) is 0 Å². The summed E-state index contributed by atoms with van der Waals surface area (Å²) in [4.78, 5) is 24.6. The molecule has 28 heavy (non-hydrogen) atoms. The van der Waals surface area contributed by atoms with E-state index in [1.807, 2.05) is 24.3 Å². The van der Waals surface area contributed by atoms with Gasteiger partial charge >= 0.3 is 11.9 Å². The zero-order valence-electron chi connectivity index (χ0n) is 15.2. The van der Waals surface area contributed by atoms with Gasteiger partial charge in [0.15, 0.2) is 0 Å². The number of hydrogen-bond donors (Lipinski definition) is 0. The van der Waals surface area contributed by atoms with Crippen molar-refractivity contribution in [1.82, 2.24) is 0 Å². The van der Waals surface area contributed by atoms with E-state index in [-0.39, 0.29) is 5.57 Å². The van der Waals surface area contributed by atoms with Gasteiger partial charge in [0.1, 0.15) is 17.9 Å². The maximum atomic E-state index is 12.3. The summed E-state index contributed by atoms with van der Waals surface area (Å²) in [5.74, 6) is -1.62. The number of benzene rings is 2. The summed E-state index contributed by atoms with van der Waals surface area (Å²) in [7, 11) is 0. The molecule has 2 aliphatic rings. The second kappa shape index (κ2) is 7.68. The topological polar surface area (TPSA) is 61.8 Å². The van der Waals surface area contributed by atoms with Crippen LogP contribution in [0.1, 0.15) is 36.8 Å². The summed E-state index contributed by atoms with van der Waals surface area (Å²) in [6, 6.07) is 14.5. The predicted molar refractivity (Wildman–Crippen MR) is 104 cm³/mol. The van der Waals surface area contributed by atoms with Crippen LogP contribution in [0.25, 0.3) is 6.08 Å². The summed E-state index contributed by atoms with van der Waals surface area (Å²) in [5, 5.41) is 0.680. The molecule has 144 valence electrons. The molecule has 6 heteroatoms. The van der Waals surface area contributed by atoms with Gasteiger partial charge in [-0.3, -0.25) is 0 Å². The number of ether oxygens (including phenoxy) is 3. The first-order chi connectivity index (χ1) is 13.5. The summed E-state index contributed by atoms with van der Waals surface area (Å²) in [5.41, 5.74) is 1.60. The average molecular weight is 399 g/mol. The van der Waals surface area contributed by atoms with Crippen LogP contribution < -0.4 is 4.74 Å². The molecule has 1 saturated carbocycles. The lowest BCUT2D eigenvalue weighted by Gasteiger charge is -2.32. The Morgan fingerprint density at radius 1 is 0.929 bits per heavy atom. The number of halogens is 1. The lowest BCUT2D eigenvalue weighted by Crippen LogP contribution is -2.44. The third-order valence-electron chi connectivity index (χ3n) is 4.87. The van der Waals surface area contributed by atoms with E-state index in [9.17, 15) is 9.59 Å². The Bertz CT molecular complexity index is 887. The van der Waals surface area contributed by atoms with Crippen molar-refractivity contribution in [3.05, 3.63) is 70.3 Å². The summed E-state index contributed by atoms with van der Waals surface area (Å²) in [6.07, 6.45) is 4.39. The molecule has 1 aliphatic carbocycles. The fourth-order valence-corrected chi connectivity index (χ4v) is 3.49. The van der Waals surface area contributed by atoms with Gasteiger partial charge in [0.25, 0.3) is 5.79 Å². The van der Waals surface area contributed by atoms with Crippen LogP contribution in [-0.2, 0) is 25.7 Å². The Balaban J connectivity index is 1.41. The number of carbonyl (C=O) groups is 2. The van der Waals surface area contributed by atoms with Crippen molar-refractivity contribution in [1.29, 1.82) is 0 Å². The first-order valence-corrected chi connectivity index (χ1v) is 9.57. The van der Waals surface area contributed by atoms with E-state index < -0.39 is 17.7 Å². The quantitative estimate of drug-likeness (QED) is 0.425. The number of carbonyl (C=O) groups excluding carboxylic acids is 2. The van der Waals surface area contributed by atoms with Gasteiger partial charge in [0.05, 0.1) is 0 Å². The molecule has 4 rings (SSSR count). The SMILES string of the molecule is O=C1OC2(CCCC2)OC(=O)C1=Cc1ccc(OCc2ccc(Cl)cc2)cc1. The van der Waals surface area contributed by atoms with E-state index in [2.05, 4.69) is 0 Å². The van der Waals surface area contributed by atoms with Crippen molar-refractivity contribution in [2.24, 2.45) is 0 Å². The van der Waals surface area contributed by atoms with Crippen molar-refractivity contribution >= 4 is 29.6 Å². The maximum absolute atomic E-state index is 12.3. The molecule has 2 fully saturated rings. The average Bonchev–Trinajstić information content (AvgIpc) is 3.12. The van der Waals surface area contributed by atoms with Gasteiger partial charge in [0.2, 0.25) is 0 Å². The van der Waals surface area contributed by atoms with Gasteiger partial charge in [-0.25, -0.2) is 9.59 Å². The summed E-state index contributed by atoms with van der Waals surface area (Å²) in [6.45, 7) is 0.415. The van der Waals surface area contributed by atoms with E-state index in [0.717, 1.165) is 18.4 Å². The Morgan fingerprint density at radius 3 is 2.14 bits per heavy atom. The molecule has 0 aromatic heterocycles. The van der Waals surface area contributed by atoms with Crippen molar-refractivity contribution in [2.45, 2.75) is 38.1 Å². The number of rotatable bonds is 4. The van der Waals surface area contributed by atoms with Crippen LogP contribution in [0, 0.1) is 0 Å². The van der Waals surface area contributed by atoms with Crippen molar-refractivity contribution < 1.29 is 23.8 Å². The van der Waals surface area contributed by atoms with Crippen molar-refractivity contribution in [2.75, 3.05) is 0 Å². The monoisotopic (exact) mass is 398 g/mol. The summed E-state index contributed by atoms with van der Waals surface area (Å²) < 4.78 is 16.6. The van der Waals surface area contributed by atoms with Gasteiger partial charge < -0.3 is 14.2 Å². The first-order valence-electron chi connectivity index (χ1n) is 9.19. The van der Waals surface area contributed by atoms with E-state index in [0.29, 0.717) is 35.8 Å². The highest BCUT2D eigenvalue weighted by Crippen LogP contribution is 2.38. The Labute approximate surface area is 167 Å². The van der Waals surface area contributed by atoms with Gasteiger partial charge in [0, 0.05) is 17.9 Å². The zero-order chi connectivity index (χ0) is 19.6. The Hall–Kier alpha value is -2.79. The van der Waals surface area contributed by atoms with Gasteiger partial charge in [-0.15, -0.1) is 0 Å². The number of esters is 2. The molecule has 1 spiro atoms. The molecule has 0 atom stereocenters. The lowest BCUT2D eigenvalue weighted by molar-refractivity contribution is -0.232. The van der Waals surface area contributed by atoms with E-state index in [1.54, 1.807) is 24.3 Å². The maximum Gasteiger partial charge on any atom is 0.348 e. The highest BCUT2D eigenvalue weighted by Gasteiger charge is 2.47. The molecular formula is C22H19ClO5. The molecule has 2 aromatic rings. The van der Waals surface area contributed by atoms with Gasteiger partial charge in [-0.1, -0.05) is 35.9 Å². The highest BCUT2D eigenvalue weighted by molar-refractivity contribution is 6.30. The lowest BCUT2D eigenvalue weighted by atomic mass is 10.1. The molecule has 0 unspecified atom stereocenters. The predicted octanol–water partition coefficient (Wildman–Crippen LogP) is 4.67. The first kappa shape index (κ1) is 18.6. The molecule has 2 aromatic carbocycles. The fraction of sp³-hybridized carbons (Fsp3) is 0.273. The molecule has 0 radical (unpaired) electrons. The highest BCUT2D eigenvalue weighted by atomic mass is 35.5. The van der Waals surface area contributed by atoms with Gasteiger partial charge in [-0.2, -0.15) is 0 Å². The second-order valence-electron chi connectivity index (χ2n) is 6.94. The van der Waals surface area contributed by atoms with Crippen molar-refractivity contribution in [3.8, 4) is 5.75 Å². The molecular weight excluding hydrogens is 380 g/mol. The van der Waals surface area contributed by atoms with Crippen LogP contribution in [0.2, 0.25) is 5.02 Å². The zero-order valence-corrected chi connectivity index (χ0v) is 15.9. The molecule has 0 N–H and O–H groups in total. The largest absolute Gasteiger partial charge is 0.489 e. The van der Waals surface area contributed by atoms with Crippen LogP contribution in [0.15, 0.2) is 54.1 Å². The Kier molecular flexibility index (Phi) is 5.09. The van der Waals surface area contributed by atoms with Gasteiger partial charge in [-0.05, 0) is 54.3 Å². The van der Waals surface area contributed by atoms with Crippen LogP contribution in [0.5, 0.6) is 5.75 Å². The standard InChI is InChI=1S/C22H19ClO5/c23-17-7-3-16(4-8-17)14-26-18-9-5-15(6-10-18)13-19-20(24)27-22(28-21(19)25)11-1-2-12-22/h3-10,13H,1-2,11-12,14H2. The minimum Gasteiger partial charge on any atom is -0.489 e. The minimum atomic E-state index is -1.05. The van der Waals surface area contributed by atoms with E-state index >= 15 is 0 Å². The Morgan fingerprint density at radius 2 is 1.54 bits per heavy atom. The molecule has 0 amide bonds. The van der Waals surface area contributed by atoms with Crippen LogP contribution in [0.3, 0.4) is 0 Å². The van der Waals surface area contributed by atoms with E-state index in [4.69, 9.17) is 25.8 Å². The smallest absolute Gasteiger partial charge is 0.348 e. The molecule has 1 saturated heterocycles. The normalized spacial score (nSPS) is 18.0. The van der Waals surface area contributed by atoms with Crippen LogP contribution >= 0.6 is 11.6 Å². The van der Waals surface area contributed by atoms with Crippen molar-refractivity contribution in [3.63, 3.8) is 0 Å². The number of hydrogen-bond acceptors (Lipinski definition) is 5. The molecule has 5 nitrogen and oxygen atoms in total. The third-order valence-corrected chi connectivity index (χ3v) is 5.12. The van der Waals surface area contributed by atoms with E-state index in [1.165, 1.54) is 6.08 Å². The minimum absolute atomic E-state index is 0.0904.